The molecule has 2 atom stereocenters. The predicted octanol–water partition coefficient (Wildman–Crippen LogP) is 3.19. The zero-order valence-electron chi connectivity index (χ0n) is 14.7. The van der Waals surface area contributed by atoms with Crippen LogP contribution in [0.2, 0.25) is 10.0 Å². The number of carbonyl (C=O) groups excluding carboxylic acids is 2. The van der Waals surface area contributed by atoms with Gasteiger partial charge >= 0.3 is 0 Å². The van der Waals surface area contributed by atoms with Crippen LogP contribution in [0.1, 0.15) is 31.5 Å². The van der Waals surface area contributed by atoms with E-state index in [0.29, 0.717) is 27.7 Å². The van der Waals surface area contributed by atoms with Crippen molar-refractivity contribution < 1.29 is 9.59 Å². The van der Waals surface area contributed by atoms with E-state index in [9.17, 15) is 9.59 Å². The molecule has 0 aliphatic rings. The largest absolute Gasteiger partial charge is 0.368 e. The highest BCUT2D eigenvalue weighted by atomic mass is 35.5. The highest BCUT2D eigenvalue weighted by Gasteiger charge is 2.32. The predicted molar refractivity (Wildman–Crippen MR) is 102 cm³/mol. The van der Waals surface area contributed by atoms with Gasteiger partial charge in [-0.2, -0.15) is 0 Å². The van der Waals surface area contributed by atoms with Crippen molar-refractivity contribution in [3.05, 3.63) is 52.0 Å². The van der Waals surface area contributed by atoms with E-state index in [0.717, 1.165) is 0 Å². The Morgan fingerprint density at radius 1 is 1.35 bits per heavy atom. The molecule has 1 aromatic heterocycles. The Balaban J connectivity index is 2.37. The van der Waals surface area contributed by atoms with Gasteiger partial charge in [-0.3, -0.25) is 9.59 Å². The van der Waals surface area contributed by atoms with Crippen LogP contribution >= 0.6 is 23.2 Å². The van der Waals surface area contributed by atoms with Crippen LogP contribution in [0, 0.1) is 5.92 Å². The molecule has 1 heterocycles. The zero-order valence-corrected chi connectivity index (χ0v) is 16.2. The summed E-state index contributed by atoms with van der Waals surface area (Å²) in [5.41, 5.74) is 6.88. The summed E-state index contributed by atoms with van der Waals surface area (Å²) in [6.45, 7) is 3.98. The van der Waals surface area contributed by atoms with E-state index in [1.807, 2.05) is 13.8 Å². The maximum atomic E-state index is 13.0. The van der Waals surface area contributed by atoms with E-state index >= 15 is 0 Å². The first-order chi connectivity index (χ1) is 12.3. The van der Waals surface area contributed by atoms with Gasteiger partial charge in [-0.05, 0) is 17.5 Å². The Kier molecular flexibility index (Phi) is 7.06. The topological polar surface area (TPSA) is 92.1 Å². The van der Waals surface area contributed by atoms with Gasteiger partial charge in [0.1, 0.15) is 6.04 Å². The van der Waals surface area contributed by atoms with Crippen LogP contribution in [0.4, 0.5) is 0 Å². The van der Waals surface area contributed by atoms with Gasteiger partial charge in [-0.15, -0.1) is 0 Å². The Morgan fingerprint density at radius 2 is 2.08 bits per heavy atom. The van der Waals surface area contributed by atoms with E-state index in [-0.39, 0.29) is 24.8 Å². The lowest BCUT2D eigenvalue weighted by atomic mass is 9.95. The molecule has 6 nitrogen and oxygen atoms in total. The molecule has 0 bridgehead atoms. The summed E-state index contributed by atoms with van der Waals surface area (Å²) in [5, 5.41) is 0.752. The second kappa shape index (κ2) is 9.05. The van der Waals surface area contributed by atoms with E-state index in [4.69, 9.17) is 28.9 Å². The van der Waals surface area contributed by atoms with Gasteiger partial charge in [-0.1, -0.05) is 55.6 Å². The summed E-state index contributed by atoms with van der Waals surface area (Å²) in [7, 11) is 0. The second-order valence-corrected chi connectivity index (χ2v) is 6.99. The molecule has 0 saturated heterocycles. The number of carbonyl (C=O) groups is 2. The number of H-pyrrole nitrogens is 1. The number of halogens is 2. The molecule has 0 aliphatic carbocycles. The minimum atomic E-state index is -0.749. The van der Waals surface area contributed by atoms with E-state index in [1.165, 1.54) is 11.2 Å². The van der Waals surface area contributed by atoms with Crippen molar-refractivity contribution in [1.29, 1.82) is 0 Å². The van der Waals surface area contributed by atoms with Crippen molar-refractivity contribution in [2.24, 2.45) is 11.7 Å². The highest BCUT2D eigenvalue weighted by Crippen LogP contribution is 2.28. The first-order valence-electron chi connectivity index (χ1n) is 8.34. The molecule has 2 amide bonds. The molecule has 1 aromatic carbocycles. The van der Waals surface area contributed by atoms with E-state index in [2.05, 4.69) is 9.97 Å². The molecule has 8 heteroatoms. The van der Waals surface area contributed by atoms with Crippen LogP contribution in [0.5, 0.6) is 0 Å². The number of aromatic nitrogens is 2. The van der Waals surface area contributed by atoms with Crippen molar-refractivity contribution in [1.82, 2.24) is 14.9 Å². The molecule has 140 valence electrons. The number of imidazole rings is 1. The van der Waals surface area contributed by atoms with Crippen LogP contribution in [0.15, 0.2) is 30.7 Å². The lowest BCUT2D eigenvalue weighted by Gasteiger charge is -2.33. The van der Waals surface area contributed by atoms with Crippen molar-refractivity contribution >= 4 is 35.0 Å². The first kappa shape index (κ1) is 20.3. The summed E-state index contributed by atoms with van der Waals surface area (Å²) >= 11 is 12.4. The third-order valence-electron chi connectivity index (χ3n) is 4.39. The monoisotopic (exact) mass is 396 g/mol. The normalized spacial score (nSPS) is 13.2. The minimum absolute atomic E-state index is 0.0574. The van der Waals surface area contributed by atoms with Crippen molar-refractivity contribution in [3.63, 3.8) is 0 Å². The average Bonchev–Trinajstić information content (AvgIpc) is 3.10. The minimum Gasteiger partial charge on any atom is -0.368 e. The average molecular weight is 397 g/mol. The number of rotatable bonds is 8. The van der Waals surface area contributed by atoms with Crippen LogP contribution in [0.3, 0.4) is 0 Å². The number of benzene rings is 1. The molecule has 0 spiro atoms. The SMILES string of the molecule is CC[C@H](C)[C@@H](C(N)=O)N(Cc1cccc(Cl)c1Cl)C(=O)Cc1c[nH]cn1. The number of nitrogens with zero attached hydrogens (tertiary/aromatic N) is 2. The fourth-order valence-electron chi connectivity index (χ4n) is 2.80. The van der Waals surface area contributed by atoms with Gasteiger partial charge in [0.2, 0.25) is 11.8 Å². The number of hydrogen-bond acceptors (Lipinski definition) is 3. The van der Waals surface area contributed by atoms with E-state index < -0.39 is 11.9 Å². The first-order valence-corrected chi connectivity index (χ1v) is 9.10. The Bertz CT molecular complexity index is 765. The molecule has 0 saturated carbocycles. The summed E-state index contributed by atoms with van der Waals surface area (Å²) in [6.07, 6.45) is 3.90. The Morgan fingerprint density at radius 3 is 2.65 bits per heavy atom. The standard InChI is InChI=1S/C18H22Cl2N4O2/c1-3-11(2)17(18(21)26)24(15(25)7-13-8-22-10-23-13)9-12-5-4-6-14(19)16(12)20/h4-6,8,10-11,17H,3,7,9H2,1-2H3,(H2,21,26)(H,22,23)/t11-,17-/m0/s1. The van der Waals surface area contributed by atoms with Gasteiger partial charge < -0.3 is 15.6 Å². The summed E-state index contributed by atoms with van der Waals surface area (Å²) < 4.78 is 0. The number of aromatic amines is 1. The molecule has 0 fully saturated rings. The molecule has 0 radical (unpaired) electrons. The molecular weight excluding hydrogens is 375 g/mol. The molecule has 0 aliphatic heterocycles. The van der Waals surface area contributed by atoms with Gasteiger partial charge in [0, 0.05) is 12.7 Å². The van der Waals surface area contributed by atoms with Crippen LogP contribution in [-0.2, 0) is 22.6 Å². The molecule has 2 aromatic rings. The smallest absolute Gasteiger partial charge is 0.240 e. The quantitative estimate of drug-likeness (QED) is 0.717. The van der Waals surface area contributed by atoms with Gasteiger partial charge in [0.05, 0.1) is 28.5 Å². The van der Waals surface area contributed by atoms with Crippen LogP contribution in [0.25, 0.3) is 0 Å². The number of primary amides is 1. The Labute approximate surface area is 162 Å². The third-order valence-corrected chi connectivity index (χ3v) is 5.25. The van der Waals surface area contributed by atoms with Gasteiger partial charge in [-0.25, -0.2) is 4.98 Å². The fourth-order valence-corrected chi connectivity index (χ4v) is 3.18. The third kappa shape index (κ3) is 4.77. The molecule has 26 heavy (non-hydrogen) atoms. The van der Waals surface area contributed by atoms with Crippen LogP contribution in [-0.4, -0.2) is 32.7 Å². The molecular formula is C18H22Cl2N4O2. The second-order valence-electron chi connectivity index (χ2n) is 6.20. The van der Waals surface area contributed by atoms with Crippen molar-refractivity contribution in [2.45, 2.75) is 39.3 Å². The summed E-state index contributed by atoms with van der Waals surface area (Å²) in [6, 6.07) is 4.45. The maximum absolute atomic E-state index is 13.0. The van der Waals surface area contributed by atoms with Gasteiger partial charge in [0.15, 0.2) is 0 Å². The van der Waals surface area contributed by atoms with Crippen molar-refractivity contribution in [3.8, 4) is 0 Å². The van der Waals surface area contributed by atoms with E-state index in [1.54, 1.807) is 24.4 Å². The van der Waals surface area contributed by atoms with Crippen LogP contribution < -0.4 is 5.73 Å². The van der Waals surface area contributed by atoms with Crippen molar-refractivity contribution in [2.75, 3.05) is 0 Å². The maximum Gasteiger partial charge on any atom is 0.240 e. The molecule has 0 unspecified atom stereocenters. The zero-order chi connectivity index (χ0) is 19.3. The number of hydrogen-bond donors (Lipinski definition) is 2. The Hall–Kier alpha value is -2.05. The lowest BCUT2D eigenvalue weighted by Crippen LogP contribution is -2.51. The fraction of sp³-hybridized carbons (Fsp3) is 0.389. The summed E-state index contributed by atoms with van der Waals surface area (Å²) in [4.78, 5) is 33.5. The number of nitrogens with one attached hydrogen (secondary N) is 1. The highest BCUT2D eigenvalue weighted by molar-refractivity contribution is 6.42. The molecule has 3 N–H and O–H groups in total. The number of amides is 2. The van der Waals surface area contributed by atoms with Gasteiger partial charge in [0.25, 0.3) is 0 Å². The lowest BCUT2D eigenvalue weighted by molar-refractivity contribution is -0.141. The summed E-state index contributed by atoms with van der Waals surface area (Å²) in [5.74, 6) is -0.904. The number of nitrogens with two attached hydrogens (primary N) is 1. The molecule has 2 rings (SSSR count).